The first-order chi connectivity index (χ1) is 11.4. The van der Waals surface area contributed by atoms with Crippen LogP contribution in [0.2, 0.25) is 0 Å². The first kappa shape index (κ1) is 14.8. The van der Waals surface area contributed by atoms with Gasteiger partial charge in [-0.15, -0.1) is 0 Å². The van der Waals surface area contributed by atoms with E-state index in [2.05, 4.69) is 30.0 Å². The van der Waals surface area contributed by atoms with Crippen molar-refractivity contribution in [1.29, 1.82) is 0 Å². The molecule has 2 saturated heterocycles. The molecule has 4 rings (SSSR count). The molecule has 0 aromatic carbocycles. The van der Waals surface area contributed by atoms with E-state index in [1.165, 1.54) is 25.8 Å². The summed E-state index contributed by atoms with van der Waals surface area (Å²) in [5, 5.41) is 8.03. The molecule has 124 valence electrons. The van der Waals surface area contributed by atoms with Gasteiger partial charge in [-0.05, 0) is 31.7 Å². The Bertz CT molecular complexity index is 630. The second-order valence-electron chi connectivity index (χ2n) is 6.50. The highest BCUT2D eigenvalue weighted by Crippen LogP contribution is 2.27. The maximum Gasteiger partial charge on any atom is 0.160 e. The van der Waals surface area contributed by atoms with Crippen LogP contribution in [0.25, 0.3) is 11.0 Å². The second-order valence-corrected chi connectivity index (χ2v) is 6.50. The molecule has 23 heavy (non-hydrogen) atoms. The average Bonchev–Trinajstić information content (AvgIpc) is 3.10. The van der Waals surface area contributed by atoms with Crippen LogP contribution in [0, 0.1) is 5.92 Å². The maximum atomic E-state index is 5.42. The number of ether oxygens (including phenoxy) is 1. The van der Waals surface area contributed by atoms with Crippen LogP contribution in [0.1, 0.15) is 19.3 Å². The highest BCUT2D eigenvalue weighted by atomic mass is 16.5. The van der Waals surface area contributed by atoms with E-state index in [9.17, 15) is 0 Å². The first-order valence-electron chi connectivity index (χ1n) is 8.59. The molecule has 0 amide bonds. The quantitative estimate of drug-likeness (QED) is 0.916. The zero-order valence-electron chi connectivity index (χ0n) is 13.4. The van der Waals surface area contributed by atoms with E-state index in [0.717, 1.165) is 62.2 Å². The molecular weight excluding hydrogens is 292 g/mol. The summed E-state index contributed by atoms with van der Waals surface area (Å²) in [5.41, 5.74) is 0.824. The molecule has 7 heteroatoms. The molecule has 2 fully saturated rings. The lowest BCUT2D eigenvalue weighted by molar-refractivity contribution is 0.0349. The Morgan fingerprint density at radius 1 is 1.13 bits per heavy atom. The van der Waals surface area contributed by atoms with E-state index in [1.807, 2.05) is 6.20 Å². The van der Waals surface area contributed by atoms with Crippen LogP contribution in [0.3, 0.4) is 0 Å². The van der Waals surface area contributed by atoms with E-state index < -0.39 is 0 Å². The lowest BCUT2D eigenvalue weighted by Crippen LogP contribution is -2.39. The van der Waals surface area contributed by atoms with E-state index in [-0.39, 0.29) is 0 Å². The van der Waals surface area contributed by atoms with Crippen molar-refractivity contribution in [1.82, 2.24) is 25.1 Å². The van der Waals surface area contributed by atoms with Gasteiger partial charge in [0.15, 0.2) is 5.65 Å². The monoisotopic (exact) mass is 316 g/mol. The van der Waals surface area contributed by atoms with Crippen LogP contribution >= 0.6 is 0 Å². The molecule has 4 heterocycles. The number of fused-ring (bicyclic) bond motifs is 1. The number of H-pyrrole nitrogens is 1. The van der Waals surface area contributed by atoms with Gasteiger partial charge in [-0.2, -0.15) is 5.10 Å². The molecule has 7 nitrogen and oxygen atoms in total. The predicted octanol–water partition coefficient (Wildman–Crippen LogP) is 1.29. The summed E-state index contributed by atoms with van der Waals surface area (Å²) < 4.78 is 5.42. The van der Waals surface area contributed by atoms with E-state index in [0.29, 0.717) is 0 Å². The van der Waals surface area contributed by atoms with Gasteiger partial charge in [0.05, 0.1) is 24.8 Å². The van der Waals surface area contributed by atoms with Crippen molar-refractivity contribution in [3.8, 4) is 0 Å². The molecule has 2 aromatic rings. The van der Waals surface area contributed by atoms with Gasteiger partial charge < -0.3 is 9.64 Å². The number of nitrogens with one attached hydrogen (secondary N) is 1. The molecule has 2 aliphatic rings. The zero-order chi connectivity index (χ0) is 15.5. The molecular formula is C16H24N6O. The number of piperidine rings is 1. The Kier molecular flexibility index (Phi) is 4.39. The molecule has 0 spiro atoms. The summed E-state index contributed by atoms with van der Waals surface area (Å²) in [6, 6.07) is 0. The normalized spacial score (nSPS) is 21.1. The SMILES string of the molecule is c1nc(N2CCC(CCN3CCOCC3)CC2)c2cn[nH]c2n1. The number of nitrogens with zero attached hydrogens (tertiary/aromatic N) is 5. The molecule has 2 aliphatic heterocycles. The molecule has 1 N–H and O–H groups in total. The van der Waals surface area contributed by atoms with Gasteiger partial charge in [0.1, 0.15) is 12.1 Å². The van der Waals surface area contributed by atoms with Gasteiger partial charge in [0.25, 0.3) is 0 Å². The summed E-state index contributed by atoms with van der Waals surface area (Å²) in [4.78, 5) is 13.6. The number of rotatable bonds is 4. The second kappa shape index (κ2) is 6.80. The van der Waals surface area contributed by atoms with Crippen LogP contribution in [0.15, 0.2) is 12.5 Å². The standard InChI is InChI=1S/C16H24N6O/c1(4-21-7-9-23-10-8-21)13-2-5-22(6-3-13)16-14-11-19-20-15(14)17-12-18-16/h11-13H,1-10H2,(H,17,18,19,20). The van der Waals surface area contributed by atoms with Crippen LogP contribution in [-0.2, 0) is 4.74 Å². The van der Waals surface area contributed by atoms with Gasteiger partial charge in [-0.25, -0.2) is 9.97 Å². The first-order valence-corrected chi connectivity index (χ1v) is 8.59. The highest BCUT2D eigenvalue weighted by molar-refractivity contribution is 5.86. The van der Waals surface area contributed by atoms with E-state index in [4.69, 9.17) is 4.74 Å². The van der Waals surface area contributed by atoms with Crippen LogP contribution in [0.5, 0.6) is 0 Å². The fourth-order valence-corrected chi connectivity index (χ4v) is 3.63. The average molecular weight is 316 g/mol. The van der Waals surface area contributed by atoms with Crippen molar-refractivity contribution in [2.75, 3.05) is 50.8 Å². The minimum atomic E-state index is 0.824. The summed E-state index contributed by atoms with van der Waals surface area (Å²) in [7, 11) is 0. The van der Waals surface area contributed by atoms with Crippen molar-refractivity contribution in [3.05, 3.63) is 12.5 Å². The number of aromatic nitrogens is 4. The van der Waals surface area contributed by atoms with Crippen LogP contribution < -0.4 is 4.90 Å². The Morgan fingerprint density at radius 3 is 2.78 bits per heavy atom. The third-order valence-electron chi connectivity index (χ3n) is 5.10. The fourth-order valence-electron chi connectivity index (χ4n) is 3.63. The Morgan fingerprint density at radius 2 is 1.96 bits per heavy atom. The topological polar surface area (TPSA) is 70.2 Å². The Balaban J connectivity index is 1.31. The summed E-state index contributed by atoms with van der Waals surface area (Å²) in [5.74, 6) is 1.85. The number of hydrogen-bond donors (Lipinski definition) is 1. The van der Waals surface area contributed by atoms with Gasteiger partial charge in [-0.1, -0.05) is 0 Å². The Hall–Kier alpha value is -1.73. The van der Waals surface area contributed by atoms with E-state index in [1.54, 1.807) is 6.33 Å². The minimum absolute atomic E-state index is 0.824. The van der Waals surface area contributed by atoms with Gasteiger partial charge in [-0.3, -0.25) is 10.00 Å². The molecule has 0 radical (unpaired) electrons. The molecule has 0 aliphatic carbocycles. The minimum Gasteiger partial charge on any atom is -0.379 e. The van der Waals surface area contributed by atoms with Crippen LogP contribution in [-0.4, -0.2) is 71.0 Å². The highest BCUT2D eigenvalue weighted by Gasteiger charge is 2.23. The Labute approximate surface area is 136 Å². The largest absolute Gasteiger partial charge is 0.379 e. The zero-order valence-corrected chi connectivity index (χ0v) is 13.4. The fraction of sp³-hybridized carbons (Fsp3) is 0.688. The van der Waals surface area contributed by atoms with Crippen molar-refractivity contribution in [3.63, 3.8) is 0 Å². The third-order valence-corrected chi connectivity index (χ3v) is 5.10. The molecule has 0 saturated carbocycles. The smallest absolute Gasteiger partial charge is 0.160 e. The van der Waals surface area contributed by atoms with Gasteiger partial charge in [0.2, 0.25) is 0 Å². The van der Waals surface area contributed by atoms with Gasteiger partial charge >= 0.3 is 0 Å². The lowest BCUT2D eigenvalue weighted by Gasteiger charge is -2.34. The summed E-state index contributed by atoms with van der Waals surface area (Å²) >= 11 is 0. The molecule has 0 unspecified atom stereocenters. The molecule has 0 atom stereocenters. The van der Waals surface area contributed by atoms with Crippen molar-refractivity contribution < 1.29 is 4.74 Å². The summed E-state index contributed by atoms with van der Waals surface area (Å²) in [6.45, 7) is 7.35. The van der Waals surface area contributed by atoms with Crippen molar-refractivity contribution in [2.24, 2.45) is 5.92 Å². The maximum absolute atomic E-state index is 5.42. The van der Waals surface area contributed by atoms with Crippen molar-refractivity contribution in [2.45, 2.75) is 19.3 Å². The molecule has 2 aromatic heterocycles. The summed E-state index contributed by atoms with van der Waals surface area (Å²) in [6.07, 6.45) is 7.25. The number of anilines is 1. The van der Waals surface area contributed by atoms with Crippen LogP contribution in [0.4, 0.5) is 5.82 Å². The number of aromatic amines is 1. The number of morpholine rings is 1. The van der Waals surface area contributed by atoms with Gasteiger partial charge in [0, 0.05) is 26.2 Å². The lowest BCUT2D eigenvalue weighted by atomic mass is 9.93. The predicted molar refractivity (Wildman–Crippen MR) is 88.5 cm³/mol. The molecule has 0 bridgehead atoms. The number of hydrogen-bond acceptors (Lipinski definition) is 6. The third kappa shape index (κ3) is 3.30. The van der Waals surface area contributed by atoms with E-state index >= 15 is 0 Å². The van der Waals surface area contributed by atoms with Crippen molar-refractivity contribution >= 4 is 16.9 Å².